The Hall–Kier alpha value is 0.210. The molecule has 3 heteroatoms. The van der Waals surface area contributed by atoms with E-state index in [1.54, 1.807) is 0 Å². The molecule has 0 amide bonds. The Balaban J connectivity index is 0.000001000. The Labute approximate surface area is 74.6 Å². The maximum Gasteiger partial charge on any atom is 0.0716 e. The molecule has 0 bridgehead atoms. The van der Waals surface area contributed by atoms with Gasteiger partial charge in [-0.1, -0.05) is 12.8 Å². The van der Waals surface area contributed by atoms with Crippen LogP contribution in [0.1, 0.15) is 32.6 Å². The molecule has 0 aromatic heterocycles. The summed E-state index contributed by atoms with van der Waals surface area (Å²) in [6, 6.07) is -0.0527. The summed E-state index contributed by atoms with van der Waals surface area (Å²) >= 11 is 0. The highest BCUT2D eigenvalue weighted by atomic mass is 35.5. The number of rotatable bonds is 2. The maximum atomic E-state index is 9.50. The van der Waals surface area contributed by atoms with Crippen molar-refractivity contribution in [1.29, 1.82) is 0 Å². The average molecular weight is 180 g/mol. The summed E-state index contributed by atoms with van der Waals surface area (Å²) in [4.78, 5) is 0. The van der Waals surface area contributed by atoms with Crippen molar-refractivity contribution in [3.8, 4) is 0 Å². The lowest BCUT2D eigenvalue weighted by atomic mass is 9.96. The number of nitrogens with two attached hydrogens (primary N) is 1. The standard InChI is InChI=1S/C8H17NO.ClH/c1-6(9)8(10)7-4-2-3-5-7;/h6-8,10H,2-5,9H2,1H3;1H/t6-,8+;/m0./s1. The van der Waals surface area contributed by atoms with E-state index >= 15 is 0 Å². The van der Waals surface area contributed by atoms with Crippen molar-refractivity contribution in [2.75, 3.05) is 0 Å². The van der Waals surface area contributed by atoms with Crippen LogP contribution in [0.15, 0.2) is 0 Å². The lowest BCUT2D eigenvalue weighted by Gasteiger charge is -2.20. The minimum atomic E-state index is -0.262. The van der Waals surface area contributed by atoms with Crippen molar-refractivity contribution in [2.45, 2.75) is 44.8 Å². The molecule has 2 atom stereocenters. The molecule has 1 aliphatic rings. The fourth-order valence-electron chi connectivity index (χ4n) is 1.73. The van der Waals surface area contributed by atoms with Crippen LogP contribution in [0.4, 0.5) is 0 Å². The molecule has 1 rings (SSSR count). The van der Waals surface area contributed by atoms with E-state index in [1.807, 2.05) is 6.92 Å². The lowest BCUT2D eigenvalue weighted by Crippen LogP contribution is -2.36. The third-order valence-corrected chi connectivity index (χ3v) is 2.42. The van der Waals surface area contributed by atoms with E-state index in [1.165, 1.54) is 25.7 Å². The zero-order chi connectivity index (χ0) is 7.56. The summed E-state index contributed by atoms with van der Waals surface area (Å²) in [5.41, 5.74) is 5.57. The van der Waals surface area contributed by atoms with Gasteiger partial charge in [-0.3, -0.25) is 0 Å². The first-order chi connectivity index (χ1) is 4.72. The molecule has 0 saturated heterocycles. The summed E-state index contributed by atoms with van der Waals surface area (Å²) in [7, 11) is 0. The number of hydrogen-bond acceptors (Lipinski definition) is 2. The largest absolute Gasteiger partial charge is 0.391 e. The van der Waals surface area contributed by atoms with Crippen LogP contribution in [0, 0.1) is 5.92 Å². The molecule has 11 heavy (non-hydrogen) atoms. The Morgan fingerprint density at radius 1 is 1.36 bits per heavy atom. The van der Waals surface area contributed by atoms with Gasteiger partial charge in [-0.05, 0) is 25.7 Å². The van der Waals surface area contributed by atoms with E-state index in [9.17, 15) is 5.11 Å². The minimum absolute atomic E-state index is 0. The molecular weight excluding hydrogens is 162 g/mol. The second-order valence-electron chi connectivity index (χ2n) is 3.39. The molecule has 2 nitrogen and oxygen atoms in total. The predicted molar refractivity (Wildman–Crippen MR) is 48.9 cm³/mol. The van der Waals surface area contributed by atoms with Crippen LogP contribution in [0.25, 0.3) is 0 Å². The highest BCUT2D eigenvalue weighted by Crippen LogP contribution is 2.28. The zero-order valence-corrected chi connectivity index (χ0v) is 7.81. The van der Waals surface area contributed by atoms with E-state index in [-0.39, 0.29) is 24.6 Å². The molecule has 1 fully saturated rings. The molecule has 1 aliphatic carbocycles. The van der Waals surface area contributed by atoms with Gasteiger partial charge in [0.1, 0.15) is 0 Å². The topological polar surface area (TPSA) is 46.2 Å². The number of aliphatic hydroxyl groups excluding tert-OH is 1. The summed E-state index contributed by atoms with van der Waals surface area (Å²) < 4.78 is 0. The molecule has 0 aromatic rings. The van der Waals surface area contributed by atoms with E-state index in [2.05, 4.69) is 0 Å². The molecule has 0 spiro atoms. The van der Waals surface area contributed by atoms with E-state index in [0.29, 0.717) is 5.92 Å². The van der Waals surface area contributed by atoms with Gasteiger partial charge < -0.3 is 10.8 Å². The lowest BCUT2D eigenvalue weighted by molar-refractivity contribution is 0.0902. The van der Waals surface area contributed by atoms with Crippen molar-refractivity contribution < 1.29 is 5.11 Å². The summed E-state index contributed by atoms with van der Waals surface area (Å²) in [5, 5.41) is 9.50. The Bertz CT molecular complexity index is 102. The first kappa shape index (κ1) is 11.2. The molecule has 68 valence electrons. The van der Waals surface area contributed by atoms with E-state index in [0.717, 1.165) is 0 Å². The van der Waals surface area contributed by atoms with Gasteiger partial charge in [-0.25, -0.2) is 0 Å². The van der Waals surface area contributed by atoms with Crippen molar-refractivity contribution in [1.82, 2.24) is 0 Å². The first-order valence-corrected chi connectivity index (χ1v) is 4.15. The molecule has 1 saturated carbocycles. The normalized spacial score (nSPS) is 24.3. The molecular formula is C8H18ClNO. The van der Waals surface area contributed by atoms with Gasteiger partial charge in [-0.15, -0.1) is 12.4 Å². The van der Waals surface area contributed by atoms with Crippen molar-refractivity contribution >= 4 is 12.4 Å². The van der Waals surface area contributed by atoms with Crippen molar-refractivity contribution in [3.05, 3.63) is 0 Å². The number of hydrogen-bond donors (Lipinski definition) is 2. The average Bonchev–Trinajstić information content (AvgIpc) is 2.36. The quantitative estimate of drug-likeness (QED) is 0.672. The number of aliphatic hydroxyl groups is 1. The van der Waals surface area contributed by atoms with Gasteiger partial charge in [0.05, 0.1) is 6.10 Å². The van der Waals surface area contributed by atoms with Crippen LogP contribution in [0.5, 0.6) is 0 Å². The molecule has 0 aliphatic heterocycles. The second kappa shape index (κ2) is 4.96. The predicted octanol–water partition coefficient (Wildman–Crippen LogP) is 1.31. The van der Waals surface area contributed by atoms with Crippen LogP contribution in [0.3, 0.4) is 0 Å². The van der Waals surface area contributed by atoms with Crippen LogP contribution in [-0.2, 0) is 0 Å². The minimum Gasteiger partial charge on any atom is -0.391 e. The first-order valence-electron chi connectivity index (χ1n) is 4.15. The van der Waals surface area contributed by atoms with Gasteiger partial charge in [0.25, 0.3) is 0 Å². The Morgan fingerprint density at radius 2 is 1.82 bits per heavy atom. The zero-order valence-electron chi connectivity index (χ0n) is 6.99. The smallest absolute Gasteiger partial charge is 0.0716 e. The summed E-state index contributed by atoms with van der Waals surface area (Å²) in [6.45, 7) is 1.88. The Kier molecular flexibility index (Phi) is 5.06. The summed E-state index contributed by atoms with van der Waals surface area (Å²) in [6.07, 6.45) is 4.62. The second-order valence-corrected chi connectivity index (χ2v) is 3.39. The van der Waals surface area contributed by atoms with E-state index < -0.39 is 0 Å². The van der Waals surface area contributed by atoms with Crippen LogP contribution >= 0.6 is 12.4 Å². The Morgan fingerprint density at radius 3 is 2.18 bits per heavy atom. The van der Waals surface area contributed by atoms with Crippen LogP contribution in [0.2, 0.25) is 0 Å². The third kappa shape index (κ3) is 2.97. The van der Waals surface area contributed by atoms with Crippen molar-refractivity contribution in [3.63, 3.8) is 0 Å². The highest BCUT2D eigenvalue weighted by Gasteiger charge is 2.25. The molecule has 0 heterocycles. The SMILES string of the molecule is C[C@H](N)[C@@H](O)C1CCCC1.Cl. The molecule has 0 unspecified atom stereocenters. The van der Waals surface area contributed by atoms with Crippen LogP contribution < -0.4 is 5.73 Å². The fraction of sp³-hybridized carbons (Fsp3) is 1.00. The van der Waals surface area contributed by atoms with Gasteiger partial charge >= 0.3 is 0 Å². The van der Waals surface area contributed by atoms with E-state index in [4.69, 9.17) is 5.73 Å². The van der Waals surface area contributed by atoms with Crippen LogP contribution in [-0.4, -0.2) is 17.3 Å². The fourth-order valence-corrected chi connectivity index (χ4v) is 1.73. The van der Waals surface area contributed by atoms with Gasteiger partial charge in [-0.2, -0.15) is 0 Å². The molecule has 0 radical (unpaired) electrons. The monoisotopic (exact) mass is 179 g/mol. The van der Waals surface area contributed by atoms with Gasteiger partial charge in [0.15, 0.2) is 0 Å². The molecule has 0 aromatic carbocycles. The molecule has 3 N–H and O–H groups in total. The van der Waals surface area contributed by atoms with Gasteiger partial charge in [0, 0.05) is 6.04 Å². The van der Waals surface area contributed by atoms with Gasteiger partial charge in [0.2, 0.25) is 0 Å². The highest BCUT2D eigenvalue weighted by molar-refractivity contribution is 5.85. The van der Waals surface area contributed by atoms with Crippen molar-refractivity contribution in [2.24, 2.45) is 11.7 Å². The third-order valence-electron chi connectivity index (χ3n) is 2.42. The summed E-state index contributed by atoms with van der Waals surface area (Å²) in [5.74, 6) is 0.486. The maximum absolute atomic E-state index is 9.50. The number of halogens is 1.